The maximum atomic E-state index is 7.16. The van der Waals surface area contributed by atoms with Gasteiger partial charge in [-0.1, -0.05) is 229 Å². The number of benzene rings is 5. The average molecular weight is 1030 g/mol. The Morgan fingerprint density at radius 2 is 0.935 bits per heavy atom. The molecule has 0 amide bonds. The highest BCUT2D eigenvalue weighted by Gasteiger charge is 2.24. The van der Waals surface area contributed by atoms with E-state index in [1.165, 1.54) is 61.2 Å². The zero-order valence-corrected chi connectivity index (χ0v) is 49.5. The standard InChI is InChI=1S/C74H81ClN2/c1-17-19-21-24-64(50-27-31-52(32-28-50)69-35-48(3)67(46-76-69)56-38-58(71(5,6)7)44-59(39-56)72(8,9)10)63(18-2)54-37-55(43-62(75)42-54)66-26-23-20-22-25-65(66)51-29-33-53(34-30-51)70-36-49(4)68(47-77-70)57-40-60(73(11,12)13)45-61(41-57)74(14,15)16/h17,21-47H,1,18-20H2,2-16H3/b24-21-,64-63-. The quantitative estimate of drug-likeness (QED) is 0.0692. The Labute approximate surface area is 468 Å². The van der Waals surface area contributed by atoms with Gasteiger partial charge in [-0.25, -0.2) is 0 Å². The number of hydrogen-bond acceptors (Lipinski definition) is 2. The van der Waals surface area contributed by atoms with E-state index in [1.807, 2.05) is 6.08 Å². The third-order valence-electron chi connectivity index (χ3n) is 15.1. The normalized spacial score (nSPS) is 13.8. The van der Waals surface area contributed by atoms with Gasteiger partial charge in [0, 0.05) is 39.7 Å². The van der Waals surface area contributed by atoms with Crippen molar-refractivity contribution in [2.75, 3.05) is 0 Å². The first-order chi connectivity index (χ1) is 36.3. The zero-order valence-electron chi connectivity index (χ0n) is 48.8. The summed E-state index contributed by atoms with van der Waals surface area (Å²) in [6, 6.07) is 42.9. The number of aromatic nitrogens is 2. The van der Waals surface area contributed by atoms with E-state index in [2.05, 4.69) is 275 Å². The van der Waals surface area contributed by atoms with Crippen molar-refractivity contribution in [2.45, 2.75) is 145 Å². The predicted octanol–water partition coefficient (Wildman–Crippen LogP) is 21.5. The lowest BCUT2D eigenvalue weighted by atomic mass is 9.78. The molecule has 0 N–H and O–H groups in total. The van der Waals surface area contributed by atoms with Crippen LogP contribution in [-0.2, 0) is 21.7 Å². The monoisotopic (exact) mass is 1030 g/mol. The highest BCUT2D eigenvalue weighted by atomic mass is 35.5. The van der Waals surface area contributed by atoms with Gasteiger partial charge in [0.1, 0.15) is 0 Å². The number of halogens is 1. The molecule has 0 unspecified atom stereocenters. The molecule has 5 aromatic carbocycles. The molecule has 0 saturated heterocycles. The fraction of sp³-hybridized carbons (Fsp3) is 0.297. The molecular formula is C74H81ClN2. The van der Waals surface area contributed by atoms with E-state index in [1.54, 1.807) is 0 Å². The summed E-state index contributed by atoms with van der Waals surface area (Å²) in [4.78, 5) is 10.2. The zero-order chi connectivity index (χ0) is 55.6. The van der Waals surface area contributed by atoms with Crippen LogP contribution in [0, 0.1) is 13.8 Å². The van der Waals surface area contributed by atoms with Crippen LogP contribution in [0.3, 0.4) is 0 Å². The van der Waals surface area contributed by atoms with E-state index in [4.69, 9.17) is 21.6 Å². The van der Waals surface area contributed by atoms with E-state index < -0.39 is 0 Å². The molecule has 0 fully saturated rings. The van der Waals surface area contributed by atoms with Crippen LogP contribution in [0.4, 0.5) is 0 Å². The Balaban J connectivity index is 1.12. The molecule has 394 valence electrons. The summed E-state index contributed by atoms with van der Waals surface area (Å²) in [6.07, 6.45) is 21.9. The molecule has 1 aliphatic rings. The van der Waals surface area contributed by atoms with Gasteiger partial charge >= 0.3 is 0 Å². The summed E-state index contributed by atoms with van der Waals surface area (Å²) in [5, 5.41) is 0.700. The average Bonchev–Trinajstić information content (AvgIpc) is 3.68. The largest absolute Gasteiger partial charge is 0.256 e. The molecule has 77 heavy (non-hydrogen) atoms. The van der Waals surface area contributed by atoms with Gasteiger partial charge < -0.3 is 0 Å². The minimum absolute atomic E-state index is 0.0329. The second-order valence-corrected chi connectivity index (χ2v) is 25.7. The molecule has 2 aromatic heterocycles. The lowest BCUT2D eigenvalue weighted by molar-refractivity contribution is 0.568. The van der Waals surface area contributed by atoms with Crippen molar-refractivity contribution in [2.24, 2.45) is 0 Å². The molecule has 2 heterocycles. The molecule has 0 aliphatic heterocycles. The molecule has 8 rings (SSSR count). The summed E-state index contributed by atoms with van der Waals surface area (Å²) in [6.45, 7) is 38.1. The minimum Gasteiger partial charge on any atom is -0.256 e. The van der Waals surface area contributed by atoms with Crippen LogP contribution in [-0.4, -0.2) is 9.97 Å². The number of hydrogen-bond donors (Lipinski definition) is 0. The van der Waals surface area contributed by atoms with Crippen molar-refractivity contribution in [3.8, 4) is 44.8 Å². The van der Waals surface area contributed by atoms with Crippen molar-refractivity contribution in [1.82, 2.24) is 9.97 Å². The van der Waals surface area contributed by atoms with Crippen molar-refractivity contribution in [1.29, 1.82) is 0 Å². The molecule has 0 saturated carbocycles. The summed E-state index contributed by atoms with van der Waals surface area (Å²) in [7, 11) is 0. The van der Waals surface area contributed by atoms with Crippen LogP contribution in [0.15, 0.2) is 177 Å². The van der Waals surface area contributed by atoms with Gasteiger partial charge in [0.2, 0.25) is 0 Å². The Kier molecular flexibility index (Phi) is 16.5. The van der Waals surface area contributed by atoms with E-state index >= 15 is 0 Å². The third kappa shape index (κ3) is 13.1. The van der Waals surface area contributed by atoms with E-state index in [9.17, 15) is 0 Å². The summed E-state index contributed by atoms with van der Waals surface area (Å²) < 4.78 is 0. The molecule has 1 aliphatic carbocycles. The highest BCUT2D eigenvalue weighted by Crippen LogP contribution is 2.41. The number of aryl methyl sites for hydroxylation is 2. The lowest BCUT2D eigenvalue weighted by Crippen LogP contribution is -2.16. The topological polar surface area (TPSA) is 25.8 Å². The first-order valence-corrected chi connectivity index (χ1v) is 28.1. The maximum absolute atomic E-state index is 7.16. The number of rotatable bonds is 12. The van der Waals surface area contributed by atoms with Gasteiger partial charge in [-0.2, -0.15) is 0 Å². The predicted molar refractivity (Wildman–Crippen MR) is 337 cm³/mol. The second kappa shape index (κ2) is 22.6. The first kappa shape index (κ1) is 56.3. The summed E-state index contributed by atoms with van der Waals surface area (Å²) >= 11 is 7.16. The Hall–Kier alpha value is -6.87. The van der Waals surface area contributed by atoms with Crippen molar-refractivity contribution < 1.29 is 0 Å². The van der Waals surface area contributed by atoms with Crippen molar-refractivity contribution in [3.63, 3.8) is 0 Å². The van der Waals surface area contributed by atoms with Gasteiger partial charge in [0.25, 0.3) is 0 Å². The molecule has 0 spiro atoms. The fourth-order valence-electron chi connectivity index (χ4n) is 10.2. The Morgan fingerprint density at radius 3 is 1.35 bits per heavy atom. The van der Waals surface area contributed by atoms with Gasteiger partial charge in [0.05, 0.1) is 11.4 Å². The van der Waals surface area contributed by atoms with Crippen LogP contribution < -0.4 is 0 Å². The van der Waals surface area contributed by atoms with E-state index in [0.717, 1.165) is 80.8 Å². The highest BCUT2D eigenvalue weighted by molar-refractivity contribution is 6.31. The minimum atomic E-state index is 0.0329. The van der Waals surface area contributed by atoms with Crippen LogP contribution in [0.25, 0.3) is 67.1 Å². The van der Waals surface area contributed by atoms with Crippen LogP contribution in [0.2, 0.25) is 5.02 Å². The Morgan fingerprint density at radius 1 is 0.506 bits per heavy atom. The van der Waals surface area contributed by atoms with Crippen LogP contribution in [0.5, 0.6) is 0 Å². The smallest absolute Gasteiger partial charge is 0.0705 e. The van der Waals surface area contributed by atoms with Crippen molar-refractivity contribution >= 4 is 33.9 Å². The fourth-order valence-corrected chi connectivity index (χ4v) is 10.5. The molecular weight excluding hydrogens is 952 g/mol. The van der Waals surface area contributed by atoms with Gasteiger partial charge in [-0.15, -0.1) is 6.58 Å². The van der Waals surface area contributed by atoms with Crippen molar-refractivity contribution in [3.05, 3.63) is 237 Å². The van der Waals surface area contributed by atoms with Crippen LogP contribution >= 0.6 is 11.6 Å². The molecule has 7 aromatic rings. The number of pyridine rings is 2. The third-order valence-corrected chi connectivity index (χ3v) is 15.3. The molecule has 2 nitrogen and oxygen atoms in total. The number of nitrogens with zero attached hydrogens (tertiary/aromatic N) is 2. The molecule has 3 heteroatoms. The SMILES string of the molecule is C=CC/C=C\C(=C(/CC)c1cc(Cl)cc(C2=C(c3ccc(-c4cc(C)c(-c5cc(C(C)(C)C)cc(C(C)(C)C)c5)cn4)cc3)C=CCC=C2)c1)c1ccc(-c2cc(C)c(-c3cc(C(C)(C)C)cc(C(C)(C)C)c3)cn2)cc1. The summed E-state index contributed by atoms with van der Waals surface area (Å²) in [5.41, 5.74) is 25.9. The van der Waals surface area contributed by atoms with Gasteiger partial charge in [-0.05, 0) is 174 Å². The first-order valence-electron chi connectivity index (χ1n) is 27.7. The summed E-state index contributed by atoms with van der Waals surface area (Å²) in [5.74, 6) is 0. The maximum Gasteiger partial charge on any atom is 0.0705 e. The van der Waals surface area contributed by atoms with Crippen LogP contribution in [0.1, 0.15) is 165 Å². The number of allylic oxidation sites excluding steroid dienone is 11. The second-order valence-electron chi connectivity index (χ2n) is 25.3. The van der Waals surface area contributed by atoms with E-state index in [-0.39, 0.29) is 21.7 Å². The molecule has 0 atom stereocenters. The molecule has 0 bridgehead atoms. The van der Waals surface area contributed by atoms with Gasteiger partial charge in [0.15, 0.2) is 0 Å². The Bertz CT molecular complexity index is 3420. The van der Waals surface area contributed by atoms with E-state index in [0.29, 0.717) is 5.02 Å². The lowest BCUT2D eigenvalue weighted by Gasteiger charge is -2.26. The molecule has 0 radical (unpaired) electrons. The van der Waals surface area contributed by atoms with Gasteiger partial charge in [-0.3, -0.25) is 9.97 Å².